The highest BCUT2D eigenvalue weighted by atomic mass is 35.5. The van der Waals surface area contributed by atoms with Crippen LogP contribution in [0.3, 0.4) is 0 Å². The van der Waals surface area contributed by atoms with Gasteiger partial charge in [-0.15, -0.1) is 0 Å². The largest absolute Gasteiger partial charge is 0.293 e. The fraction of sp³-hybridized carbons (Fsp3) is 0.167. The maximum atomic E-state index is 13.0. The second kappa shape index (κ2) is 6.47. The summed E-state index contributed by atoms with van der Waals surface area (Å²) in [6, 6.07) is 16.5. The number of hydrogen-bond donors (Lipinski definition) is 0. The first-order valence-electron chi connectivity index (χ1n) is 9.29. The maximum absolute atomic E-state index is 13.0. The van der Waals surface area contributed by atoms with Crippen LogP contribution in [0.5, 0.6) is 0 Å². The number of nitrogens with zero attached hydrogens (tertiary/aromatic N) is 1. The summed E-state index contributed by atoms with van der Waals surface area (Å²) in [6.07, 6.45) is 8.75. The Labute approximate surface area is 162 Å². The van der Waals surface area contributed by atoms with E-state index in [0.717, 1.165) is 19.3 Å². The maximum Gasteiger partial charge on any atom is 0.171 e. The van der Waals surface area contributed by atoms with Crippen molar-refractivity contribution in [3.05, 3.63) is 87.0 Å². The summed E-state index contributed by atoms with van der Waals surface area (Å²) in [5.74, 6) is 0.0103. The summed E-state index contributed by atoms with van der Waals surface area (Å²) in [4.78, 5) is 17.0. The van der Waals surface area contributed by atoms with Crippen molar-refractivity contribution < 1.29 is 4.79 Å². The standard InChI is InChI=1S/C24H18ClNO/c25-23-12-9-18(14-26-23)24(27)17-6-5-16-8-10-20-19-4-2-1-3-15(19)7-11-21(20)22(16)13-17/h1-4,8-14,17H,5-7H2. The van der Waals surface area contributed by atoms with Gasteiger partial charge in [-0.1, -0.05) is 60.2 Å². The molecule has 0 saturated carbocycles. The Morgan fingerprint density at radius 2 is 1.85 bits per heavy atom. The van der Waals surface area contributed by atoms with E-state index < -0.39 is 0 Å². The Balaban J connectivity index is 1.62. The van der Waals surface area contributed by atoms with Crippen molar-refractivity contribution in [2.24, 2.45) is 5.92 Å². The zero-order chi connectivity index (χ0) is 18.4. The van der Waals surface area contributed by atoms with Crippen molar-refractivity contribution in [3.63, 3.8) is 0 Å². The van der Waals surface area contributed by atoms with Crippen LogP contribution in [0.1, 0.15) is 27.9 Å². The molecule has 5 rings (SSSR count). The van der Waals surface area contributed by atoms with Gasteiger partial charge in [-0.2, -0.15) is 0 Å². The van der Waals surface area contributed by atoms with Crippen molar-refractivity contribution in [2.75, 3.05) is 0 Å². The molecule has 0 saturated heterocycles. The van der Waals surface area contributed by atoms with E-state index in [1.807, 2.05) is 0 Å². The number of carbonyl (C=O) groups is 1. The summed E-state index contributed by atoms with van der Waals surface area (Å²) in [6.45, 7) is 0. The zero-order valence-corrected chi connectivity index (χ0v) is 15.5. The second-order valence-electron chi connectivity index (χ2n) is 7.21. The minimum absolute atomic E-state index is 0.113. The van der Waals surface area contributed by atoms with E-state index in [2.05, 4.69) is 53.5 Å². The SMILES string of the molecule is O=C(c1ccc(Cl)nc1)C1C=c2c(ccc3c2=CCc2ccccc2-3)CC1. The number of pyridine rings is 1. The number of benzene rings is 2. The molecule has 3 aromatic rings. The molecule has 2 aliphatic rings. The van der Waals surface area contributed by atoms with Gasteiger partial charge in [-0.25, -0.2) is 4.98 Å². The van der Waals surface area contributed by atoms with Crippen LogP contribution in [-0.4, -0.2) is 10.8 Å². The molecular weight excluding hydrogens is 354 g/mol. The Bertz CT molecular complexity index is 1180. The van der Waals surface area contributed by atoms with Gasteiger partial charge in [0.2, 0.25) is 0 Å². The summed E-state index contributed by atoms with van der Waals surface area (Å²) >= 11 is 5.86. The lowest BCUT2D eigenvalue weighted by Gasteiger charge is -2.21. The molecule has 0 aliphatic heterocycles. The smallest absolute Gasteiger partial charge is 0.171 e. The van der Waals surface area contributed by atoms with E-state index in [-0.39, 0.29) is 11.7 Å². The van der Waals surface area contributed by atoms with Crippen molar-refractivity contribution >= 4 is 29.5 Å². The number of aromatic nitrogens is 1. The minimum atomic E-state index is -0.113. The number of halogens is 1. The lowest BCUT2D eigenvalue weighted by molar-refractivity contribution is 0.0946. The highest BCUT2D eigenvalue weighted by Crippen LogP contribution is 2.26. The normalized spacial score (nSPS) is 17.0. The number of fused-ring (bicyclic) bond motifs is 5. The topological polar surface area (TPSA) is 30.0 Å². The monoisotopic (exact) mass is 371 g/mol. The molecule has 2 aliphatic carbocycles. The first-order valence-corrected chi connectivity index (χ1v) is 9.66. The fourth-order valence-corrected chi connectivity index (χ4v) is 4.37. The first-order chi connectivity index (χ1) is 13.2. The Morgan fingerprint density at radius 3 is 2.70 bits per heavy atom. The third-order valence-corrected chi connectivity index (χ3v) is 5.88. The van der Waals surface area contributed by atoms with Crippen molar-refractivity contribution in [2.45, 2.75) is 19.3 Å². The van der Waals surface area contributed by atoms with Gasteiger partial charge in [0, 0.05) is 17.7 Å². The summed E-state index contributed by atoms with van der Waals surface area (Å²) in [7, 11) is 0. The van der Waals surface area contributed by atoms with E-state index in [0.29, 0.717) is 10.7 Å². The Hall–Kier alpha value is -2.71. The van der Waals surface area contributed by atoms with Gasteiger partial charge in [0.1, 0.15) is 5.15 Å². The molecule has 0 fully saturated rings. The third-order valence-electron chi connectivity index (χ3n) is 5.65. The molecule has 2 nitrogen and oxygen atoms in total. The molecule has 1 atom stereocenters. The summed E-state index contributed by atoms with van der Waals surface area (Å²) in [5.41, 5.74) is 5.90. The Kier molecular flexibility index (Phi) is 3.95. The van der Waals surface area contributed by atoms with Gasteiger partial charge in [-0.05, 0) is 64.1 Å². The average Bonchev–Trinajstić information content (AvgIpc) is 2.73. The van der Waals surface area contributed by atoms with Gasteiger partial charge in [0.25, 0.3) is 0 Å². The zero-order valence-electron chi connectivity index (χ0n) is 14.8. The molecule has 1 heterocycles. The summed E-state index contributed by atoms with van der Waals surface area (Å²) in [5, 5.41) is 2.92. The van der Waals surface area contributed by atoms with Crippen LogP contribution in [0.4, 0.5) is 0 Å². The van der Waals surface area contributed by atoms with Crippen LogP contribution in [0.15, 0.2) is 54.7 Å². The van der Waals surface area contributed by atoms with Gasteiger partial charge in [-0.3, -0.25) is 4.79 Å². The van der Waals surface area contributed by atoms with Crippen molar-refractivity contribution in [3.8, 4) is 11.1 Å². The van der Waals surface area contributed by atoms with Crippen LogP contribution in [0.2, 0.25) is 5.15 Å². The van der Waals surface area contributed by atoms with Crippen LogP contribution in [-0.2, 0) is 12.8 Å². The molecule has 1 aromatic heterocycles. The number of ketones is 1. The van der Waals surface area contributed by atoms with E-state index in [1.54, 1.807) is 18.3 Å². The predicted molar refractivity (Wildman–Crippen MR) is 109 cm³/mol. The average molecular weight is 372 g/mol. The quantitative estimate of drug-likeness (QED) is 0.504. The van der Waals surface area contributed by atoms with E-state index in [9.17, 15) is 4.79 Å². The molecule has 27 heavy (non-hydrogen) atoms. The number of rotatable bonds is 2. The lowest BCUT2D eigenvalue weighted by atomic mass is 9.82. The second-order valence-corrected chi connectivity index (χ2v) is 7.60. The summed E-state index contributed by atoms with van der Waals surface area (Å²) < 4.78 is 0. The minimum Gasteiger partial charge on any atom is -0.293 e. The van der Waals surface area contributed by atoms with Gasteiger partial charge in [0.05, 0.1) is 0 Å². The molecule has 3 heteroatoms. The van der Waals surface area contributed by atoms with Crippen LogP contribution in [0, 0.1) is 5.92 Å². The molecule has 0 N–H and O–H groups in total. The lowest BCUT2D eigenvalue weighted by Crippen LogP contribution is -2.37. The van der Waals surface area contributed by atoms with E-state index in [1.165, 1.54) is 32.7 Å². The molecule has 2 aromatic carbocycles. The van der Waals surface area contributed by atoms with Crippen LogP contribution in [0.25, 0.3) is 23.3 Å². The van der Waals surface area contributed by atoms with Crippen LogP contribution >= 0.6 is 11.6 Å². The van der Waals surface area contributed by atoms with E-state index >= 15 is 0 Å². The number of carbonyl (C=O) groups excluding carboxylic acids is 1. The highest BCUT2D eigenvalue weighted by Gasteiger charge is 2.23. The molecule has 0 radical (unpaired) electrons. The third kappa shape index (κ3) is 2.81. The van der Waals surface area contributed by atoms with Gasteiger partial charge >= 0.3 is 0 Å². The molecular formula is C24H18ClNO. The predicted octanol–water partition coefficient (Wildman–Crippen LogP) is 3.96. The van der Waals surface area contributed by atoms with Gasteiger partial charge in [0.15, 0.2) is 5.78 Å². The number of aryl methyl sites for hydroxylation is 1. The Morgan fingerprint density at radius 1 is 0.963 bits per heavy atom. The highest BCUT2D eigenvalue weighted by molar-refractivity contribution is 6.29. The number of Topliss-reactive ketones (excluding diaryl/α,β-unsaturated/α-hetero) is 1. The molecule has 1 unspecified atom stereocenters. The first kappa shape index (κ1) is 16.5. The van der Waals surface area contributed by atoms with Gasteiger partial charge < -0.3 is 0 Å². The molecule has 0 spiro atoms. The molecule has 0 amide bonds. The fourth-order valence-electron chi connectivity index (χ4n) is 4.26. The molecule has 132 valence electrons. The van der Waals surface area contributed by atoms with Crippen molar-refractivity contribution in [1.82, 2.24) is 4.98 Å². The van der Waals surface area contributed by atoms with Crippen LogP contribution < -0.4 is 10.4 Å². The van der Waals surface area contributed by atoms with E-state index in [4.69, 9.17) is 11.6 Å². The van der Waals surface area contributed by atoms with Crippen molar-refractivity contribution in [1.29, 1.82) is 0 Å². The number of hydrogen-bond acceptors (Lipinski definition) is 2. The molecule has 0 bridgehead atoms.